The van der Waals surface area contributed by atoms with E-state index in [1.54, 1.807) is 0 Å². The van der Waals surface area contributed by atoms with E-state index < -0.39 is 11.6 Å². The maximum Gasteiger partial charge on any atom is 0.407 e. The molecule has 0 aliphatic carbocycles. The maximum absolute atomic E-state index is 12.1. The molecule has 4 nitrogen and oxygen atoms in total. The minimum absolute atomic E-state index is 0.260. The minimum Gasteiger partial charge on any atom is -0.489 e. The van der Waals surface area contributed by atoms with Gasteiger partial charge in [-0.1, -0.05) is 72.8 Å². The summed E-state index contributed by atoms with van der Waals surface area (Å²) < 4.78 is 11.2. The summed E-state index contributed by atoms with van der Waals surface area (Å²) in [5.41, 5.74) is 2.79. The van der Waals surface area contributed by atoms with Gasteiger partial charge in [-0.15, -0.1) is 0 Å². The van der Waals surface area contributed by atoms with Gasteiger partial charge in [0.15, 0.2) is 0 Å². The third-order valence-corrected chi connectivity index (χ3v) is 4.47. The third kappa shape index (κ3) is 7.00. The fourth-order valence-electron chi connectivity index (χ4n) is 3.03. The standard InChI is InChI=1S/C25H27NO3/c1-25(2,26-24(27)29-19-22-11-7-4-8-12-22)17-20-13-15-23(16-14-20)28-18-21-9-5-3-6-10-21/h3-16H,17-19H2,1-2H3,(H,26,27). The minimum atomic E-state index is -0.430. The molecule has 3 aromatic carbocycles. The molecule has 0 aliphatic heterocycles. The van der Waals surface area contributed by atoms with Crippen molar-refractivity contribution in [1.29, 1.82) is 0 Å². The Bertz CT molecular complexity index is 890. The van der Waals surface area contributed by atoms with Crippen LogP contribution in [0.15, 0.2) is 84.9 Å². The van der Waals surface area contributed by atoms with Crippen LogP contribution in [0.1, 0.15) is 30.5 Å². The smallest absolute Gasteiger partial charge is 0.407 e. The summed E-state index contributed by atoms with van der Waals surface area (Å²) in [7, 11) is 0. The van der Waals surface area contributed by atoms with E-state index in [2.05, 4.69) is 5.32 Å². The van der Waals surface area contributed by atoms with Gasteiger partial charge in [0.05, 0.1) is 0 Å². The zero-order valence-electron chi connectivity index (χ0n) is 16.9. The number of carbonyl (C=O) groups excluding carboxylic acids is 1. The van der Waals surface area contributed by atoms with E-state index in [0.29, 0.717) is 13.0 Å². The lowest BCUT2D eigenvalue weighted by Crippen LogP contribution is -2.45. The molecule has 29 heavy (non-hydrogen) atoms. The summed E-state index contributed by atoms with van der Waals surface area (Å²) in [5.74, 6) is 0.825. The first-order chi connectivity index (χ1) is 14.0. The first kappa shape index (κ1) is 20.5. The van der Waals surface area contributed by atoms with Gasteiger partial charge in [-0.25, -0.2) is 4.79 Å². The average Bonchev–Trinajstić information content (AvgIpc) is 2.73. The summed E-state index contributed by atoms with van der Waals surface area (Å²) in [6.07, 6.45) is 0.272. The van der Waals surface area contributed by atoms with Crippen LogP contribution in [0.3, 0.4) is 0 Å². The molecule has 0 aliphatic rings. The molecule has 0 atom stereocenters. The number of nitrogens with one attached hydrogen (secondary N) is 1. The third-order valence-electron chi connectivity index (χ3n) is 4.47. The van der Waals surface area contributed by atoms with Crippen LogP contribution in [0, 0.1) is 0 Å². The summed E-state index contributed by atoms with van der Waals surface area (Å²) in [6.45, 7) is 4.77. The van der Waals surface area contributed by atoms with Gasteiger partial charge in [0, 0.05) is 5.54 Å². The van der Waals surface area contributed by atoms with Crippen molar-refractivity contribution in [2.75, 3.05) is 0 Å². The molecule has 0 saturated carbocycles. The second-order valence-corrected chi connectivity index (χ2v) is 7.67. The number of hydrogen-bond donors (Lipinski definition) is 1. The molecule has 3 rings (SSSR count). The van der Waals surface area contributed by atoms with E-state index in [-0.39, 0.29) is 6.61 Å². The van der Waals surface area contributed by atoms with Crippen molar-refractivity contribution < 1.29 is 14.3 Å². The van der Waals surface area contributed by atoms with Gasteiger partial charge in [0.1, 0.15) is 19.0 Å². The highest BCUT2D eigenvalue weighted by Gasteiger charge is 2.22. The lowest BCUT2D eigenvalue weighted by atomic mass is 9.95. The fourth-order valence-corrected chi connectivity index (χ4v) is 3.03. The molecule has 0 fully saturated rings. The Balaban J connectivity index is 1.47. The lowest BCUT2D eigenvalue weighted by molar-refractivity contribution is 0.129. The number of alkyl carbamates (subject to hydrolysis) is 1. The Hall–Kier alpha value is -3.27. The molecule has 0 heterocycles. The van der Waals surface area contributed by atoms with Crippen molar-refractivity contribution >= 4 is 6.09 Å². The first-order valence-electron chi connectivity index (χ1n) is 9.75. The Labute approximate surface area is 172 Å². The van der Waals surface area contributed by atoms with Crippen molar-refractivity contribution in [3.63, 3.8) is 0 Å². The largest absolute Gasteiger partial charge is 0.489 e. The van der Waals surface area contributed by atoms with Crippen LogP contribution in [0.4, 0.5) is 4.79 Å². The van der Waals surface area contributed by atoms with E-state index in [0.717, 1.165) is 22.4 Å². The maximum atomic E-state index is 12.1. The van der Waals surface area contributed by atoms with Crippen LogP contribution >= 0.6 is 0 Å². The summed E-state index contributed by atoms with van der Waals surface area (Å²) in [4.78, 5) is 12.1. The number of hydrogen-bond acceptors (Lipinski definition) is 3. The molecule has 0 aromatic heterocycles. The zero-order valence-corrected chi connectivity index (χ0v) is 16.9. The van der Waals surface area contributed by atoms with Crippen molar-refractivity contribution in [3.05, 3.63) is 102 Å². The Morgan fingerprint density at radius 3 is 1.90 bits per heavy atom. The molecule has 3 aromatic rings. The molecule has 0 bridgehead atoms. The first-order valence-corrected chi connectivity index (χ1v) is 9.75. The molecular weight excluding hydrogens is 362 g/mol. The van der Waals surface area contributed by atoms with Crippen molar-refractivity contribution in [3.8, 4) is 5.75 Å². The molecule has 0 radical (unpaired) electrons. The highest BCUT2D eigenvalue weighted by atomic mass is 16.5. The quantitative estimate of drug-likeness (QED) is 0.552. The lowest BCUT2D eigenvalue weighted by Gasteiger charge is -2.26. The van der Waals surface area contributed by atoms with E-state index in [1.165, 1.54) is 0 Å². The van der Waals surface area contributed by atoms with Crippen LogP contribution < -0.4 is 10.1 Å². The topological polar surface area (TPSA) is 47.6 Å². The number of carbonyl (C=O) groups is 1. The normalized spacial score (nSPS) is 11.0. The Morgan fingerprint density at radius 2 is 1.31 bits per heavy atom. The number of benzene rings is 3. The van der Waals surface area contributed by atoms with Crippen molar-refractivity contribution in [2.45, 2.75) is 39.0 Å². The van der Waals surface area contributed by atoms with E-state index in [9.17, 15) is 4.79 Å². The highest BCUT2D eigenvalue weighted by Crippen LogP contribution is 2.18. The van der Waals surface area contributed by atoms with Gasteiger partial charge >= 0.3 is 6.09 Å². The van der Waals surface area contributed by atoms with E-state index in [1.807, 2.05) is 98.8 Å². The van der Waals surface area contributed by atoms with Gasteiger partial charge in [-0.2, -0.15) is 0 Å². The Morgan fingerprint density at radius 1 is 0.759 bits per heavy atom. The average molecular weight is 389 g/mol. The Kier molecular flexibility index (Phi) is 6.90. The predicted molar refractivity (Wildman–Crippen MR) is 115 cm³/mol. The summed E-state index contributed by atoms with van der Waals surface area (Å²) in [6, 6.07) is 27.7. The van der Waals surface area contributed by atoms with Gasteiger partial charge in [0.2, 0.25) is 0 Å². The van der Waals surface area contributed by atoms with E-state index >= 15 is 0 Å². The summed E-state index contributed by atoms with van der Waals surface area (Å²) >= 11 is 0. The number of ether oxygens (including phenoxy) is 2. The van der Waals surface area contributed by atoms with Gasteiger partial charge in [0.25, 0.3) is 0 Å². The highest BCUT2D eigenvalue weighted by molar-refractivity contribution is 5.68. The summed E-state index contributed by atoms with van der Waals surface area (Å²) in [5, 5.41) is 2.94. The molecule has 0 unspecified atom stereocenters. The molecule has 150 valence electrons. The monoisotopic (exact) mass is 389 g/mol. The molecular formula is C25H27NO3. The SMILES string of the molecule is CC(C)(Cc1ccc(OCc2ccccc2)cc1)NC(=O)OCc1ccccc1. The second kappa shape index (κ2) is 9.78. The van der Waals surface area contributed by atoms with Gasteiger partial charge in [-0.3, -0.25) is 0 Å². The second-order valence-electron chi connectivity index (χ2n) is 7.67. The van der Waals surface area contributed by atoms with Crippen LogP contribution in [-0.2, 0) is 24.4 Å². The van der Waals surface area contributed by atoms with Crippen molar-refractivity contribution in [1.82, 2.24) is 5.32 Å². The fraction of sp³-hybridized carbons (Fsp3) is 0.240. The van der Waals surface area contributed by atoms with Gasteiger partial charge in [-0.05, 0) is 49.1 Å². The predicted octanol–water partition coefficient (Wildman–Crippen LogP) is 5.51. The van der Waals surface area contributed by atoms with Crippen LogP contribution in [-0.4, -0.2) is 11.6 Å². The van der Waals surface area contributed by atoms with Gasteiger partial charge < -0.3 is 14.8 Å². The molecule has 1 amide bonds. The molecule has 4 heteroatoms. The van der Waals surface area contributed by atoms with Crippen LogP contribution in [0.25, 0.3) is 0 Å². The zero-order chi connectivity index (χ0) is 20.5. The molecule has 0 saturated heterocycles. The number of rotatable bonds is 8. The van der Waals surface area contributed by atoms with Crippen LogP contribution in [0.2, 0.25) is 0 Å². The molecule has 0 spiro atoms. The van der Waals surface area contributed by atoms with Crippen molar-refractivity contribution in [2.24, 2.45) is 0 Å². The van der Waals surface area contributed by atoms with Crippen LogP contribution in [0.5, 0.6) is 5.75 Å². The molecule has 1 N–H and O–H groups in total. The number of amides is 1. The van der Waals surface area contributed by atoms with E-state index in [4.69, 9.17) is 9.47 Å².